The van der Waals surface area contributed by atoms with E-state index >= 15 is 4.39 Å². The number of nitrogens with one attached hydrogen (secondary N) is 1. The molecule has 1 heterocycles. The van der Waals surface area contributed by atoms with Crippen molar-refractivity contribution in [1.82, 2.24) is 15.1 Å². The van der Waals surface area contributed by atoms with E-state index in [2.05, 4.69) is 5.32 Å². The third-order valence-corrected chi connectivity index (χ3v) is 7.20. The highest BCUT2D eigenvalue weighted by molar-refractivity contribution is 6.00. The second-order valence-corrected chi connectivity index (χ2v) is 10.5. The topological polar surface area (TPSA) is 90.0 Å². The van der Waals surface area contributed by atoms with Crippen LogP contribution < -0.4 is 5.32 Å². The molecule has 0 aromatic heterocycles. The number of rotatable bonds is 7. The number of piperazine rings is 1. The lowest BCUT2D eigenvalue weighted by molar-refractivity contribution is -0.159. The van der Waals surface area contributed by atoms with E-state index in [9.17, 15) is 19.5 Å². The van der Waals surface area contributed by atoms with Gasteiger partial charge in [0.05, 0.1) is 6.61 Å². The fourth-order valence-corrected chi connectivity index (χ4v) is 5.41. The summed E-state index contributed by atoms with van der Waals surface area (Å²) in [6.07, 6.45) is 1.62. The Morgan fingerprint density at radius 1 is 1.14 bits per heavy atom. The quantitative estimate of drug-likeness (QED) is 0.618. The first kappa shape index (κ1) is 25.8. The van der Waals surface area contributed by atoms with Crippen molar-refractivity contribution in [1.29, 1.82) is 0 Å². The van der Waals surface area contributed by atoms with Crippen molar-refractivity contribution >= 4 is 17.7 Å². The highest BCUT2D eigenvalue weighted by Gasteiger charge is 2.50. The Bertz CT molecular complexity index is 1140. The standard InChI is InChI=1S/C28H34FN3O4/c1-16(2)11-23-26(34)30-24(20-13-18-7-5-6-8-19(18)14-20)27(35)32(23)25(28(36)31(3)4)21-10-9-17(15-33)12-22(21)29/h5-10,12,16,20,23-25,33H,11,13-15H2,1-4H3,(H,30,34). The smallest absolute Gasteiger partial charge is 0.249 e. The molecule has 192 valence electrons. The lowest BCUT2D eigenvalue weighted by atomic mass is 9.87. The largest absolute Gasteiger partial charge is 0.392 e. The number of hydrogen-bond donors (Lipinski definition) is 2. The number of aliphatic hydroxyl groups excluding tert-OH is 1. The van der Waals surface area contributed by atoms with Crippen LogP contribution in [-0.2, 0) is 33.8 Å². The van der Waals surface area contributed by atoms with Crippen LogP contribution >= 0.6 is 0 Å². The van der Waals surface area contributed by atoms with Gasteiger partial charge in [-0.05, 0) is 53.9 Å². The summed E-state index contributed by atoms with van der Waals surface area (Å²) < 4.78 is 15.3. The maximum Gasteiger partial charge on any atom is 0.249 e. The average molecular weight is 496 g/mol. The first-order valence-electron chi connectivity index (χ1n) is 12.4. The van der Waals surface area contributed by atoms with Gasteiger partial charge in [-0.1, -0.05) is 50.2 Å². The van der Waals surface area contributed by atoms with Crippen molar-refractivity contribution in [2.75, 3.05) is 14.1 Å². The molecular formula is C28H34FN3O4. The fourth-order valence-electron chi connectivity index (χ4n) is 5.41. The summed E-state index contributed by atoms with van der Waals surface area (Å²) >= 11 is 0. The van der Waals surface area contributed by atoms with Crippen LogP contribution in [0, 0.1) is 17.7 Å². The van der Waals surface area contributed by atoms with E-state index in [4.69, 9.17) is 0 Å². The van der Waals surface area contributed by atoms with Crippen molar-refractivity contribution < 1.29 is 23.9 Å². The van der Waals surface area contributed by atoms with Crippen LogP contribution in [0.15, 0.2) is 42.5 Å². The van der Waals surface area contributed by atoms with Crippen molar-refractivity contribution in [3.05, 3.63) is 70.5 Å². The van der Waals surface area contributed by atoms with Crippen LogP contribution in [-0.4, -0.2) is 58.8 Å². The zero-order chi connectivity index (χ0) is 26.1. The average Bonchev–Trinajstić information content (AvgIpc) is 3.27. The van der Waals surface area contributed by atoms with Gasteiger partial charge >= 0.3 is 0 Å². The molecule has 4 rings (SSSR count). The Kier molecular flexibility index (Phi) is 7.45. The number of carbonyl (C=O) groups excluding carboxylic acids is 3. The molecule has 2 N–H and O–H groups in total. The van der Waals surface area contributed by atoms with Crippen LogP contribution in [0.1, 0.15) is 48.6 Å². The number of likely N-dealkylation sites (N-methyl/N-ethyl adjacent to an activating group) is 1. The maximum absolute atomic E-state index is 15.3. The number of aliphatic hydroxyl groups is 1. The molecule has 3 atom stereocenters. The maximum atomic E-state index is 15.3. The van der Waals surface area contributed by atoms with E-state index in [0.29, 0.717) is 24.8 Å². The predicted octanol–water partition coefficient (Wildman–Crippen LogP) is 2.60. The molecule has 3 unspecified atom stereocenters. The molecule has 2 aromatic rings. The first-order chi connectivity index (χ1) is 17.1. The number of halogens is 1. The van der Waals surface area contributed by atoms with E-state index in [1.165, 1.54) is 28.0 Å². The number of carbonyl (C=O) groups is 3. The molecule has 1 aliphatic heterocycles. The van der Waals surface area contributed by atoms with Gasteiger partial charge in [-0.2, -0.15) is 0 Å². The molecule has 7 nitrogen and oxygen atoms in total. The minimum absolute atomic E-state index is 0.0103. The van der Waals surface area contributed by atoms with Gasteiger partial charge in [0.25, 0.3) is 0 Å². The SMILES string of the molecule is CC(C)CC1C(=O)NC(C2Cc3ccccc3C2)C(=O)N1C(C(=O)N(C)C)c1ccc(CO)cc1F. The molecule has 36 heavy (non-hydrogen) atoms. The lowest BCUT2D eigenvalue weighted by Crippen LogP contribution is -2.67. The van der Waals surface area contributed by atoms with Crippen LogP contribution in [0.5, 0.6) is 0 Å². The van der Waals surface area contributed by atoms with Gasteiger partial charge in [-0.15, -0.1) is 0 Å². The molecule has 2 aromatic carbocycles. The summed E-state index contributed by atoms with van der Waals surface area (Å²) in [5.41, 5.74) is 2.66. The molecule has 1 fully saturated rings. The monoisotopic (exact) mass is 495 g/mol. The zero-order valence-corrected chi connectivity index (χ0v) is 21.2. The number of amides is 3. The fraction of sp³-hybridized carbons (Fsp3) is 0.464. The highest BCUT2D eigenvalue weighted by Crippen LogP contribution is 2.36. The zero-order valence-electron chi connectivity index (χ0n) is 21.2. The van der Waals surface area contributed by atoms with Gasteiger partial charge < -0.3 is 20.2 Å². The minimum Gasteiger partial charge on any atom is -0.392 e. The molecule has 1 aliphatic carbocycles. The van der Waals surface area contributed by atoms with Gasteiger partial charge in [-0.3, -0.25) is 14.4 Å². The Balaban J connectivity index is 1.79. The second kappa shape index (κ2) is 10.4. The van der Waals surface area contributed by atoms with Gasteiger partial charge in [0.1, 0.15) is 23.9 Å². The third-order valence-electron chi connectivity index (χ3n) is 7.20. The van der Waals surface area contributed by atoms with Crippen molar-refractivity contribution in [2.45, 2.75) is 57.8 Å². The molecule has 0 radical (unpaired) electrons. The summed E-state index contributed by atoms with van der Waals surface area (Å²) in [5.74, 6) is -1.99. The Morgan fingerprint density at radius 3 is 2.31 bits per heavy atom. The highest BCUT2D eigenvalue weighted by atomic mass is 19.1. The van der Waals surface area contributed by atoms with E-state index < -0.39 is 29.8 Å². The lowest BCUT2D eigenvalue weighted by Gasteiger charge is -2.45. The molecule has 8 heteroatoms. The Morgan fingerprint density at radius 2 is 1.78 bits per heavy atom. The normalized spacial score (nSPS) is 20.9. The number of fused-ring (bicyclic) bond motifs is 1. The Labute approximate surface area is 211 Å². The Hall–Kier alpha value is -3.26. The molecule has 0 saturated carbocycles. The minimum atomic E-state index is -1.30. The molecule has 3 amide bonds. The molecule has 0 spiro atoms. The van der Waals surface area contributed by atoms with E-state index in [1.54, 1.807) is 14.1 Å². The van der Waals surface area contributed by atoms with Crippen LogP contribution in [0.25, 0.3) is 0 Å². The van der Waals surface area contributed by atoms with Crippen molar-refractivity contribution in [2.24, 2.45) is 11.8 Å². The van der Waals surface area contributed by atoms with Crippen LogP contribution in [0.4, 0.5) is 4.39 Å². The summed E-state index contributed by atoms with van der Waals surface area (Å²) in [6, 6.07) is 9.07. The molecular weight excluding hydrogens is 461 g/mol. The van der Waals surface area contributed by atoms with Crippen molar-refractivity contribution in [3.8, 4) is 0 Å². The van der Waals surface area contributed by atoms with Crippen LogP contribution in [0.3, 0.4) is 0 Å². The first-order valence-corrected chi connectivity index (χ1v) is 12.4. The number of benzene rings is 2. The molecule has 0 bridgehead atoms. The summed E-state index contributed by atoms with van der Waals surface area (Å²) in [7, 11) is 3.10. The molecule has 1 saturated heterocycles. The van der Waals surface area contributed by atoms with E-state index in [-0.39, 0.29) is 35.8 Å². The summed E-state index contributed by atoms with van der Waals surface area (Å²) in [6.45, 7) is 3.53. The van der Waals surface area contributed by atoms with Crippen molar-refractivity contribution in [3.63, 3.8) is 0 Å². The third kappa shape index (κ3) is 4.87. The van der Waals surface area contributed by atoms with Gasteiger partial charge in [0, 0.05) is 19.7 Å². The van der Waals surface area contributed by atoms with Gasteiger partial charge in [0.15, 0.2) is 0 Å². The number of nitrogens with zero attached hydrogens (tertiary/aromatic N) is 2. The summed E-state index contributed by atoms with van der Waals surface area (Å²) in [5, 5.41) is 12.4. The van der Waals surface area contributed by atoms with Crippen LogP contribution in [0.2, 0.25) is 0 Å². The van der Waals surface area contributed by atoms with E-state index in [1.807, 2.05) is 38.1 Å². The second-order valence-electron chi connectivity index (χ2n) is 10.5. The molecule has 2 aliphatic rings. The van der Waals surface area contributed by atoms with E-state index in [0.717, 1.165) is 11.1 Å². The summed E-state index contributed by atoms with van der Waals surface area (Å²) in [4.78, 5) is 43.8. The van der Waals surface area contributed by atoms with Gasteiger partial charge in [-0.25, -0.2) is 4.39 Å². The van der Waals surface area contributed by atoms with Gasteiger partial charge in [0.2, 0.25) is 17.7 Å². The number of hydrogen-bond acceptors (Lipinski definition) is 4. The predicted molar refractivity (Wildman–Crippen MR) is 133 cm³/mol.